The second-order valence-corrected chi connectivity index (χ2v) is 8.27. The van der Waals surface area contributed by atoms with Crippen molar-refractivity contribution < 1.29 is 4.79 Å². The van der Waals surface area contributed by atoms with E-state index in [0.717, 1.165) is 18.0 Å². The van der Waals surface area contributed by atoms with E-state index >= 15 is 0 Å². The fourth-order valence-corrected chi connectivity index (χ4v) is 5.03. The zero-order valence-corrected chi connectivity index (χ0v) is 16.1. The Morgan fingerprint density at radius 2 is 1.89 bits per heavy atom. The number of hydrogen-bond acceptors (Lipinski definition) is 2. The number of carbonyl (C=O) groups is 1. The van der Waals surface area contributed by atoms with Crippen LogP contribution in [-0.2, 0) is 0 Å². The lowest BCUT2D eigenvalue weighted by Gasteiger charge is -2.23. The number of amides is 1. The van der Waals surface area contributed by atoms with Crippen LogP contribution < -0.4 is 5.32 Å². The molecule has 4 nitrogen and oxygen atoms in total. The molecule has 3 atom stereocenters. The molecule has 3 unspecified atom stereocenters. The van der Waals surface area contributed by atoms with Gasteiger partial charge in [0.2, 0.25) is 0 Å². The molecular weight excluding hydrogens is 346 g/mol. The Morgan fingerprint density at radius 1 is 1.07 bits per heavy atom. The Bertz CT molecular complexity index is 1000. The summed E-state index contributed by atoms with van der Waals surface area (Å²) >= 11 is 0. The first-order chi connectivity index (χ1) is 13.7. The van der Waals surface area contributed by atoms with E-state index in [1.54, 1.807) is 12.5 Å². The summed E-state index contributed by atoms with van der Waals surface area (Å²) in [6, 6.07) is 17.0. The molecule has 5 rings (SSSR count). The van der Waals surface area contributed by atoms with Gasteiger partial charge in [-0.25, -0.2) is 4.98 Å². The molecule has 2 bridgehead atoms. The van der Waals surface area contributed by atoms with Crippen LogP contribution in [0, 0.1) is 18.8 Å². The number of carbonyl (C=O) groups excluding carboxylic acids is 1. The number of aryl methyl sites for hydroxylation is 1. The zero-order chi connectivity index (χ0) is 19.1. The van der Waals surface area contributed by atoms with Crippen molar-refractivity contribution in [3.63, 3.8) is 0 Å². The quantitative estimate of drug-likeness (QED) is 0.718. The van der Waals surface area contributed by atoms with Gasteiger partial charge in [0.15, 0.2) is 0 Å². The van der Waals surface area contributed by atoms with Crippen LogP contribution in [0.2, 0.25) is 0 Å². The topological polar surface area (TPSA) is 46.9 Å². The van der Waals surface area contributed by atoms with Crippen molar-refractivity contribution in [3.05, 3.63) is 72.3 Å². The second-order valence-electron chi connectivity index (χ2n) is 8.27. The Morgan fingerprint density at radius 3 is 2.61 bits per heavy atom. The van der Waals surface area contributed by atoms with Gasteiger partial charge in [-0.05, 0) is 66.8 Å². The molecule has 1 N–H and O–H groups in total. The molecule has 2 aromatic carbocycles. The van der Waals surface area contributed by atoms with Gasteiger partial charge in [-0.15, -0.1) is 0 Å². The minimum Gasteiger partial charge on any atom is -0.348 e. The molecule has 3 aromatic rings. The number of nitrogens with zero attached hydrogens (tertiary/aromatic N) is 2. The molecule has 2 aliphatic rings. The highest BCUT2D eigenvalue weighted by molar-refractivity contribution is 5.93. The van der Waals surface area contributed by atoms with Crippen LogP contribution in [0.3, 0.4) is 0 Å². The van der Waals surface area contributed by atoms with Crippen LogP contribution in [0.1, 0.15) is 41.7 Å². The number of fused-ring (bicyclic) bond motifs is 2. The molecule has 2 aliphatic carbocycles. The van der Waals surface area contributed by atoms with E-state index in [1.807, 2.05) is 4.57 Å². The highest BCUT2D eigenvalue weighted by atomic mass is 16.2. The molecule has 0 radical (unpaired) electrons. The maximum atomic E-state index is 12.9. The molecule has 0 spiro atoms. The van der Waals surface area contributed by atoms with Crippen LogP contribution in [-0.4, -0.2) is 21.5 Å². The summed E-state index contributed by atoms with van der Waals surface area (Å²) in [5, 5.41) is 3.27. The normalized spacial score (nSPS) is 23.1. The van der Waals surface area contributed by atoms with Crippen molar-refractivity contribution in [3.8, 4) is 16.8 Å². The second kappa shape index (κ2) is 6.93. The van der Waals surface area contributed by atoms with E-state index in [4.69, 9.17) is 0 Å². The molecule has 142 valence electrons. The number of benzene rings is 2. The number of imidazole rings is 1. The highest BCUT2D eigenvalue weighted by Gasteiger charge is 2.40. The summed E-state index contributed by atoms with van der Waals surface area (Å²) in [6.45, 7) is 2.12. The average molecular weight is 371 g/mol. The molecule has 1 aromatic heterocycles. The summed E-state index contributed by atoms with van der Waals surface area (Å²) in [4.78, 5) is 17.1. The van der Waals surface area contributed by atoms with Crippen molar-refractivity contribution in [2.24, 2.45) is 11.8 Å². The van der Waals surface area contributed by atoms with Crippen LogP contribution in [0.25, 0.3) is 16.8 Å². The van der Waals surface area contributed by atoms with Crippen molar-refractivity contribution in [2.45, 2.75) is 38.6 Å². The maximum absolute atomic E-state index is 12.9. The third-order valence-electron chi connectivity index (χ3n) is 6.53. The molecular formula is C24H25N3O. The number of hydrogen-bond donors (Lipinski definition) is 1. The third kappa shape index (κ3) is 3.03. The van der Waals surface area contributed by atoms with Gasteiger partial charge in [0.1, 0.15) is 5.69 Å². The van der Waals surface area contributed by atoms with Crippen LogP contribution in [0.5, 0.6) is 0 Å². The van der Waals surface area contributed by atoms with Gasteiger partial charge in [-0.1, -0.05) is 42.8 Å². The van der Waals surface area contributed by atoms with Crippen LogP contribution in [0.15, 0.2) is 61.1 Å². The van der Waals surface area contributed by atoms with Gasteiger partial charge >= 0.3 is 0 Å². The fraction of sp³-hybridized carbons (Fsp3) is 0.333. The smallest absolute Gasteiger partial charge is 0.270 e. The highest BCUT2D eigenvalue weighted by Crippen LogP contribution is 2.44. The van der Waals surface area contributed by atoms with E-state index in [-0.39, 0.29) is 5.91 Å². The van der Waals surface area contributed by atoms with Gasteiger partial charge in [0, 0.05) is 11.7 Å². The lowest BCUT2D eigenvalue weighted by molar-refractivity contribution is 0.0916. The molecule has 28 heavy (non-hydrogen) atoms. The van der Waals surface area contributed by atoms with E-state index in [1.165, 1.54) is 36.0 Å². The first-order valence-electron chi connectivity index (χ1n) is 10.2. The van der Waals surface area contributed by atoms with E-state index in [9.17, 15) is 4.79 Å². The molecule has 4 heteroatoms. The number of aromatic nitrogens is 2. The monoisotopic (exact) mass is 371 g/mol. The minimum absolute atomic E-state index is 0.0157. The Kier molecular flexibility index (Phi) is 4.27. The van der Waals surface area contributed by atoms with Crippen molar-refractivity contribution in [1.82, 2.24) is 14.9 Å². The van der Waals surface area contributed by atoms with Crippen molar-refractivity contribution >= 4 is 5.91 Å². The Labute approximate surface area is 165 Å². The molecule has 1 amide bonds. The largest absolute Gasteiger partial charge is 0.348 e. The van der Waals surface area contributed by atoms with Crippen molar-refractivity contribution in [1.29, 1.82) is 0 Å². The summed E-state index contributed by atoms with van der Waals surface area (Å²) in [5.74, 6) is 1.46. The van der Waals surface area contributed by atoms with Crippen LogP contribution >= 0.6 is 0 Å². The Balaban J connectivity index is 1.37. The summed E-state index contributed by atoms with van der Waals surface area (Å²) in [5.41, 5.74) is 5.21. The van der Waals surface area contributed by atoms with Gasteiger partial charge in [-0.2, -0.15) is 0 Å². The molecule has 2 saturated carbocycles. The van der Waals surface area contributed by atoms with E-state index in [2.05, 4.69) is 65.8 Å². The first kappa shape index (κ1) is 17.2. The zero-order valence-electron chi connectivity index (χ0n) is 16.1. The van der Waals surface area contributed by atoms with Gasteiger partial charge in [0.25, 0.3) is 5.91 Å². The average Bonchev–Trinajstić information content (AvgIpc) is 3.45. The third-order valence-corrected chi connectivity index (χ3v) is 6.53. The molecule has 0 saturated heterocycles. The molecule has 1 heterocycles. The molecule has 0 aliphatic heterocycles. The SMILES string of the molecule is Cc1ccccc1-c1ccc(-n2cncc2C(=O)NC2CC3CCC2C3)cc1. The van der Waals surface area contributed by atoms with Gasteiger partial charge < -0.3 is 5.32 Å². The number of rotatable bonds is 4. The summed E-state index contributed by atoms with van der Waals surface area (Å²) in [7, 11) is 0. The van der Waals surface area contributed by atoms with Gasteiger partial charge in [-0.3, -0.25) is 9.36 Å². The minimum atomic E-state index is -0.0157. The number of nitrogens with one attached hydrogen (secondary N) is 1. The standard InChI is InChI=1S/C24H25N3O/c1-16-4-2-3-5-21(16)18-8-10-20(11-9-18)27-15-25-14-23(27)24(28)26-22-13-17-6-7-19(22)12-17/h2-5,8-11,14-15,17,19,22H,6-7,12-13H2,1H3,(H,26,28). The lowest BCUT2D eigenvalue weighted by Crippen LogP contribution is -2.39. The predicted molar refractivity (Wildman–Crippen MR) is 110 cm³/mol. The predicted octanol–water partition coefficient (Wildman–Crippen LogP) is 4.77. The summed E-state index contributed by atoms with van der Waals surface area (Å²) < 4.78 is 1.88. The Hall–Kier alpha value is -2.88. The van der Waals surface area contributed by atoms with Gasteiger partial charge in [0.05, 0.1) is 12.5 Å². The first-order valence-corrected chi connectivity index (χ1v) is 10.2. The lowest BCUT2D eigenvalue weighted by atomic mass is 9.95. The molecule has 2 fully saturated rings. The fourth-order valence-electron chi connectivity index (χ4n) is 5.03. The summed E-state index contributed by atoms with van der Waals surface area (Å²) in [6.07, 6.45) is 8.40. The van der Waals surface area contributed by atoms with Crippen molar-refractivity contribution in [2.75, 3.05) is 0 Å². The van der Waals surface area contributed by atoms with E-state index in [0.29, 0.717) is 17.7 Å². The maximum Gasteiger partial charge on any atom is 0.270 e. The van der Waals surface area contributed by atoms with E-state index < -0.39 is 0 Å². The van der Waals surface area contributed by atoms with Crippen LogP contribution in [0.4, 0.5) is 0 Å².